The van der Waals surface area contributed by atoms with E-state index in [2.05, 4.69) is 5.16 Å². The van der Waals surface area contributed by atoms with Gasteiger partial charge in [-0.2, -0.15) is 0 Å². The summed E-state index contributed by atoms with van der Waals surface area (Å²) in [6, 6.07) is 0. The minimum atomic E-state index is -0.256. The molecule has 7 heteroatoms. The fourth-order valence-corrected chi connectivity index (χ4v) is 3.32. The molecule has 0 radical (unpaired) electrons. The number of ether oxygens (including phenoxy) is 1. The summed E-state index contributed by atoms with van der Waals surface area (Å²) in [5, 5.41) is 3.65. The van der Waals surface area contributed by atoms with Gasteiger partial charge in [-0.3, -0.25) is 9.59 Å². The van der Waals surface area contributed by atoms with Crippen LogP contribution in [0.1, 0.15) is 29.0 Å². The molecule has 1 aromatic heterocycles. The van der Waals surface area contributed by atoms with E-state index < -0.39 is 0 Å². The lowest BCUT2D eigenvalue weighted by molar-refractivity contribution is -0.165. The standard InChI is InChI=1S/C15H21N3O4/c1-11-12(9-16-22-11)13(19)17-5-3-15(4-6-17)10-18(14(15)20)7-8-21-2/h9H,3-8,10H2,1-2H3. The number of amides is 2. The second kappa shape index (κ2) is 5.72. The van der Waals surface area contributed by atoms with Gasteiger partial charge in [-0.25, -0.2) is 0 Å². The van der Waals surface area contributed by atoms with Crippen LogP contribution in [0.3, 0.4) is 0 Å². The van der Waals surface area contributed by atoms with Crippen LogP contribution in [0.25, 0.3) is 0 Å². The Labute approximate surface area is 129 Å². The molecule has 120 valence electrons. The lowest BCUT2D eigenvalue weighted by Crippen LogP contribution is -2.65. The van der Waals surface area contributed by atoms with Crippen molar-refractivity contribution in [1.82, 2.24) is 15.0 Å². The molecule has 2 aliphatic heterocycles. The van der Waals surface area contributed by atoms with Gasteiger partial charge >= 0.3 is 0 Å². The molecule has 0 atom stereocenters. The maximum absolute atomic E-state index is 12.4. The number of nitrogens with zero attached hydrogens (tertiary/aromatic N) is 3. The molecule has 0 aromatic carbocycles. The zero-order valence-corrected chi connectivity index (χ0v) is 13.0. The largest absolute Gasteiger partial charge is 0.383 e. The van der Waals surface area contributed by atoms with Crippen LogP contribution in [0.4, 0.5) is 0 Å². The minimum Gasteiger partial charge on any atom is -0.383 e. The number of methoxy groups -OCH3 is 1. The summed E-state index contributed by atoms with van der Waals surface area (Å²) in [7, 11) is 1.64. The SMILES string of the molecule is COCCN1CC2(CCN(C(=O)c3cnoc3C)CC2)C1=O. The highest BCUT2D eigenvalue weighted by Crippen LogP contribution is 2.41. The van der Waals surface area contributed by atoms with Crippen molar-refractivity contribution in [1.29, 1.82) is 0 Å². The topological polar surface area (TPSA) is 75.9 Å². The van der Waals surface area contributed by atoms with Crippen LogP contribution in [-0.2, 0) is 9.53 Å². The molecular weight excluding hydrogens is 286 g/mol. The molecule has 2 amide bonds. The number of piperidine rings is 1. The molecule has 22 heavy (non-hydrogen) atoms. The van der Waals surface area contributed by atoms with Crippen LogP contribution < -0.4 is 0 Å². The van der Waals surface area contributed by atoms with Crippen LogP contribution in [0.2, 0.25) is 0 Å². The molecule has 2 aliphatic rings. The predicted octanol–water partition coefficient (Wildman–Crippen LogP) is 0.694. The first-order valence-electron chi connectivity index (χ1n) is 7.56. The average molecular weight is 307 g/mol. The van der Waals surface area contributed by atoms with E-state index in [1.807, 2.05) is 4.90 Å². The Kier molecular flexibility index (Phi) is 3.90. The quantitative estimate of drug-likeness (QED) is 0.765. The molecule has 1 aromatic rings. The van der Waals surface area contributed by atoms with E-state index in [0.29, 0.717) is 37.6 Å². The Morgan fingerprint density at radius 1 is 1.45 bits per heavy atom. The predicted molar refractivity (Wildman–Crippen MR) is 77.3 cm³/mol. The second-order valence-electron chi connectivity index (χ2n) is 6.09. The van der Waals surface area contributed by atoms with Crippen LogP contribution in [0.15, 0.2) is 10.7 Å². The molecule has 2 fully saturated rings. The van der Waals surface area contributed by atoms with Crippen LogP contribution in [0.5, 0.6) is 0 Å². The molecule has 0 aliphatic carbocycles. The van der Waals surface area contributed by atoms with Crippen molar-refractivity contribution in [3.63, 3.8) is 0 Å². The highest BCUT2D eigenvalue weighted by Gasteiger charge is 2.53. The van der Waals surface area contributed by atoms with Crippen LogP contribution in [0, 0.1) is 12.3 Å². The summed E-state index contributed by atoms with van der Waals surface area (Å²) in [5.74, 6) is 0.685. The normalized spacial score (nSPS) is 20.4. The third-order valence-electron chi connectivity index (χ3n) is 4.79. The Morgan fingerprint density at radius 3 is 2.73 bits per heavy atom. The van der Waals surface area contributed by atoms with Crippen LogP contribution >= 0.6 is 0 Å². The summed E-state index contributed by atoms with van der Waals surface area (Å²) in [4.78, 5) is 28.4. The number of aryl methyl sites for hydroxylation is 1. The van der Waals surface area contributed by atoms with E-state index in [9.17, 15) is 9.59 Å². The molecule has 2 saturated heterocycles. The summed E-state index contributed by atoms with van der Waals surface area (Å²) in [5.41, 5.74) is 0.256. The number of aromatic nitrogens is 1. The van der Waals surface area contributed by atoms with Crippen LogP contribution in [-0.4, -0.2) is 66.7 Å². The van der Waals surface area contributed by atoms with Crippen molar-refractivity contribution in [2.24, 2.45) is 5.41 Å². The maximum atomic E-state index is 12.4. The van der Waals surface area contributed by atoms with E-state index in [1.165, 1.54) is 6.20 Å². The Hall–Kier alpha value is -1.89. The minimum absolute atomic E-state index is 0.0587. The van der Waals surface area contributed by atoms with Gasteiger partial charge in [0.05, 0.1) is 18.2 Å². The number of hydrogen-bond acceptors (Lipinski definition) is 5. The number of carbonyl (C=O) groups excluding carboxylic acids is 2. The van der Waals surface area contributed by atoms with Gasteiger partial charge in [0.1, 0.15) is 11.3 Å². The molecule has 0 saturated carbocycles. The molecule has 7 nitrogen and oxygen atoms in total. The third-order valence-corrected chi connectivity index (χ3v) is 4.79. The molecule has 3 rings (SSSR count). The molecule has 1 spiro atoms. The van der Waals surface area contributed by atoms with Crippen molar-refractivity contribution < 1.29 is 18.8 Å². The Balaban J connectivity index is 1.56. The summed E-state index contributed by atoms with van der Waals surface area (Å²) in [6.07, 6.45) is 2.92. The first-order chi connectivity index (χ1) is 10.6. The van der Waals surface area contributed by atoms with Crippen molar-refractivity contribution in [2.75, 3.05) is 39.9 Å². The molecular formula is C15H21N3O4. The van der Waals surface area contributed by atoms with E-state index >= 15 is 0 Å². The number of rotatable bonds is 4. The third kappa shape index (κ3) is 2.39. The van der Waals surface area contributed by atoms with E-state index in [-0.39, 0.29) is 17.2 Å². The van der Waals surface area contributed by atoms with E-state index in [4.69, 9.17) is 9.26 Å². The number of carbonyl (C=O) groups is 2. The molecule has 0 N–H and O–H groups in total. The zero-order chi connectivity index (χ0) is 15.7. The smallest absolute Gasteiger partial charge is 0.259 e. The monoisotopic (exact) mass is 307 g/mol. The van der Waals surface area contributed by atoms with Crippen molar-refractivity contribution >= 4 is 11.8 Å². The fraction of sp³-hybridized carbons (Fsp3) is 0.667. The first-order valence-corrected chi connectivity index (χ1v) is 7.56. The average Bonchev–Trinajstić information content (AvgIpc) is 2.97. The summed E-state index contributed by atoms with van der Waals surface area (Å²) >= 11 is 0. The number of β-lactam (4-membered cyclic amide) rings is 1. The highest BCUT2D eigenvalue weighted by molar-refractivity contribution is 5.95. The second-order valence-corrected chi connectivity index (χ2v) is 6.09. The van der Waals surface area contributed by atoms with Gasteiger partial charge in [-0.15, -0.1) is 0 Å². The maximum Gasteiger partial charge on any atom is 0.259 e. The lowest BCUT2D eigenvalue weighted by atomic mass is 9.71. The molecule has 3 heterocycles. The van der Waals surface area contributed by atoms with Gasteiger partial charge in [0.25, 0.3) is 5.91 Å². The number of likely N-dealkylation sites (tertiary alicyclic amines) is 2. The van der Waals surface area contributed by atoms with Gasteiger partial charge in [0.15, 0.2) is 0 Å². The highest BCUT2D eigenvalue weighted by atomic mass is 16.5. The van der Waals surface area contributed by atoms with E-state index in [0.717, 1.165) is 19.4 Å². The first kappa shape index (κ1) is 15.0. The molecule has 0 unspecified atom stereocenters. The lowest BCUT2D eigenvalue weighted by Gasteiger charge is -2.52. The Morgan fingerprint density at radius 2 is 2.18 bits per heavy atom. The van der Waals surface area contributed by atoms with Crippen molar-refractivity contribution in [3.05, 3.63) is 17.5 Å². The van der Waals surface area contributed by atoms with Crippen molar-refractivity contribution in [2.45, 2.75) is 19.8 Å². The summed E-state index contributed by atoms with van der Waals surface area (Å²) < 4.78 is 9.96. The Bertz CT molecular complexity index is 575. The van der Waals surface area contributed by atoms with Crippen molar-refractivity contribution in [3.8, 4) is 0 Å². The van der Waals surface area contributed by atoms with Gasteiger partial charge in [-0.1, -0.05) is 5.16 Å². The summed E-state index contributed by atoms with van der Waals surface area (Å²) in [6.45, 7) is 4.94. The van der Waals surface area contributed by atoms with Gasteiger partial charge < -0.3 is 19.1 Å². The van der Waals surface area contributed by atoms with E-state index in [1.54, 1.807) is 18.9 Å². The zero-order valence-electron chi connectivity index (χ0n) is 13.0. The van der Waals surface area contributed by atoms with Gasteiger partial charge in [0.2, 0.25) is 5.91 Å². The fourth-order valence-electron chi connectivity index (χ4n) is 3.32. The van der Waals surface area contributed by atoms with Gasteiger partial charge in [0, 0.05) is 33.3 Å². The number of hydrogen-bond donors (Lipinski definition) is 0. The van der Waals surface area contributed by atoms with Gasteiger partial charge in [-0.05, 0) is 19.8 Å². The molecule has 0 bridgehead atoms.